The molecule has 1 fully saturated rings. The van der Waals surface area contributed by atoms with Gasteiger partial charge in [-0.1, -0.05) is 27.7 Å². The van der Waals surface area contributed by atoms with Gasteiger partial charge in [0, 0.05) is 23.5 Å². The number of anilines is 1. The Bertz CT molecular complexity index is 686. The van der Waals surface area contributed by atoms with Crippen LogP contribution < -0.4 is 5.32 Å². The van der Waals surface area contributed by atoms with Crippen LogP contribution in [0.5, 0.6) is 0 Å². The van der Waals surface area contributed by atoms with E-state index in [2.05, 4.69) is 33.0 Å². The van der Waals surface area contributed by atoms with Crippen LogP contribution >= 0.6 is 11.8 Å². The summed E-state index contributed by atoms with van der Waals surface area (Å²) in [5, 5.41) is 2.81. The minimum Gasteiger partial charge on any atom is -0.325 e. The fourth-order valence-corrected chi connectivity index (χ4v) is 4.67. The summed E-state index contributed by atoms with van der Waals surface area (Å²) in [5.74, 6) is 0.866. The predicted molar refractivity (Wildman–Crippen MR) is 104 cm³/mol. The Labute approximate surface area is 155 Å². The van der Waals surface area contributed by atoms with Gasteiger partial charge in [0.25, 0.3) is 0 Å². The van der Waals surface area contributed by atoms with Crippen LogP contribution in [-0.4, -0.2) is 42.2 Å². The van der Waals surface area contributed by atoms with E-state index in [4.69, 9.17) is 0 Å². The summed E-state index contributed by atoms with van der Waals surface area (Å²) in [6, 6.07) is 6.44. The molecule has 1 aromatic carbocycles. The second kappa shape index (κ2) is 8.10. The van der Waals surface area contributed by atoms with E-state index in [1.807, 2.05) is 0 Å². The number of nitrogens with one attached hydrogen (secondary N) is 1. The molecule has 0 aromatic heterocycles. The van der Waals surface area contributed by atoms with Gasteiger partial charge in [0.2, 0.25) is 15.9 Å². The Morgan fingerprint density at radius 1 is 1.20 bits per heavy atom. The van der Waals surface area contributed by atoms with Crippen LogP contribution in [0, 0.1) is 5.92 Å². The number of nitrogens with zero attached hydrogens (tertiary/aromatic N) is 1. The summed E-state index contributed by atoms with van der Waals surface area (Å²) >= 11 is 1.57. The molecular weight excluding hydrogens is 356 g/mol. The molecule has 0 radical (unpaired) electrons. The minimum atomic E-state index is -3.44. The zero-order valence-corrected chi connectivity index (χ0v) is 17.0. The molecular formula is C18H28N2O3S2. The number of benzene rings is 1. The van der Waals surface area contributed by atoms with E-state index in [0.29, 0.717) is 30.4 Å². The van der Waals surface area contributed by atoms with Crippen molar-refractivity contribution in [3.8, 4) is 0 Å². The molecule has 1 N–H and O–H groups in total. The zero-order chi connectivity index (χ0) is 18.7. The fraction of sp³-hybridized carbons (Fsp3) is 0.611. The molecule has 25 heavy (non-hydrogen) atoms. The molecule has 0 atom stereocenters. The average molecular weight is 385 g/mol. The van der Waals surface area contributed by atoms with Crippen LogP contribution in [0.1, 0.15) is 40.5 Å². The van der Waals surface area contributed by atoms with Crippen LogP contribution in [-0.2, 0) is 14.8 Å². The summed E-state index contributed by atoms with van der Waals surface area (Å²) in [4.78, 5) is 12.2. The van der Waals surface area contributed by atoms with Crippen molar-refractivity contribution < 1.29 is 13.2 Å². The van der Waals surface area contributed by atoms with Crippen molar-refractivity contribution in [2.75, 3.05) is 24.2 Å². The Morgan fingerprint density at radius 2 is 1.76 bits per heavy atom. The predicted octanol–water partition coefficient (Wildman–Crippen LogP) is 3.58. The summed E-state index contributed by atoms with van der Waals surface area (Å²) in [6.45, 7) is 9.49. The van der Waals surface area contributed by atoms with Gasteiger partial charge in [0.15, 0.2) is 0 Å². The molecule has 0 bridgehead atoms. The maximum atomic E-state index is 12.7. The van der Waals surface area contributed by atoms with Gasteiger partial charge in [0.05, 0.1) is 10.6 Å². The molecule has 1 aliphatic heterocycles. The lowest BCUT2D eigenvalue weighted by Crippen LogP contribution is -2.37. The lowest BCUT2D eigenvalue weighted by atomic mass is 10.0. The number of thioether (sulfide) groups is 1. The van der Waals surface area contributed by atoms with E-state index in [-0.39, 0.29) is 15.5 Å². The number of piperidine rings is 1. The molecule has 1 saturated heterocycles. The third-order valence-corrected chi connectivity index (χ3v) is 7.34. The molecule has 0 aliphatic carbocycles. The highest BCUT2D eigenvalue weighted by molar-refractivity contribution is 8.01. The first-order valence-electron chi connectivity index (χ1n) is 8.62. The van der Waals surface area contributed by atoms with Crippen molar-refractivity contribution in [2.24, 2.45) is 5.92 Å². The molecule has 1 heterocycles. The Balaban J connectivity index is 1.98. The normalized spacial score (nSPS) is 17.4. The number of hydrogen-bond acceptors (Lipinski definition) is 4. The van der Waals surface area contributed by atoms with Crippen LogP contribution in [0.2, 0.25) is 0 Å². The van der Waals surface area contributed by atoms with Crippen molar-refractivity contribution in [3.05, 3.63) is 24.3 Å². The summed E-state index contributed by atoms with van der Waals surface area (Å²) in [6.07, 6.45) is 1.80. The van der Waals surface area contributed by atoms with Crippen molar-refractivity contribution in [1.29, 1.82) is 0 Å². The molecule has 140 valence electrons. The van der Waals surface area contributed by atoms with E-state index in [9.17, 15) is 13.2 Å². The number of amides is 1. The van der Waals surface area contributed by atoms with E-state index in [1.165, 1.54) is 0 Å². The molecule has 0 unspecified atom stereocenters. The highest BCUT2D eigenvalue weighted by atomic mass is 32.2. The van der Waals surface area contributed by atoms with Crippen molar-refractivity contribution in [2.45, 2.75) is 50.2 Å². The molecule has 1 amide bonds. The molecule has 0 saturated carbocycles. The third-order valence-electron chi connectivity index (χ3n) is 4.15. The quantitative estimate of drug-likeness (QED) is 0.843. The van der Waals surface area contributed by atoms with Crippen molar-refractivity contribution >= 4 is 33.4 Å². The Morgan fingerprint density at radius 3 is 2.28 bits per heavy atom. The number of carbonyl (C=O) groups is 1. The largest absolute Gasteiger partial charge is 0.325 e. The van der Waals surface area contributed by atoms with Gasteiger partial charge >= 0.3 is 0 Å². The van der Waals surface area contributed by atoms with Gasteiger partial charge in [-0.2, -0.15) is 4.31 Å². The van der Waals surface area contributed by atoms with Crippen molar-refractivity contribution in [1.82, 2.24) is 4.31 Å². The third kappa shape index (κ3) is 6.01. The highest BCUT2D eigenvalue weighted by Crippen LogP contribution is 2.25. The lowest BCUT2D eigenvalue weighted by molar-refractivity contribution is -0.113. The summed E-state index contributed by atoms with van der Waals surface area (Å²) < 4.78 is 26.9. The maximum Gasteiger partial charge on any atom is 0.243 e. The lowest BCUT2D eigenvalue weighted by Gasteiger charge is -2.29. The highest BCUT2D eigenvalue weighted by Gasteiger charge is 2.27. The molecule has 2 rings (SSSR count). The van der Waals surface area contributed by atoms with Gasteiger partial charge < -0.3 is 5.32 Å². The van der Waals surface area contributed by atoms with Crippen LogP contribution in [0.3, 0.4) is 0 Å². The fourth-order valence-electron chi connectivity index (χ4n) is 2.56. The topological polar surface area (TPSA) is 66.5 Å². The molecule has 7 heteroatoms. The second-order valence-corrected chi connectivity index (χ2v) is 11.3. The molecule has 5 nitrogen and oxygen atoms in total. The first kappa shape index (κ1) is 20.3. The smallest absolute Gasteiger partial charge is 0.243 e. The Hall–Kier alpha value is -1.05. The van der Waals surface area contributed by atoms with Gasteiger partial charge in [-0.05, 0) is 43.0 Å². The monoisotopic (exact) mass is 384 g/mol. The van der Waals surface area contributed by atoms with E-state index < -0.39 is 10.0 Å². The van der Waals surface area contributed by atoms with Crippen molar-refractivity contribution in [3.63, 3.8) is 0 Å². The van der Waals surface area contributed by atoms with Gasteiger partial charge in [-0.3, -0.25) is 4.79 Å². The van der Waals surface area contributed by atoms with E-state index in [1.54, 1.807) is 40.3 Å². The molecule has 1 aromatic rings. The maximum absolute atomic E-state index is 12.7. The molecule has 1 aliphatic rings. The van der Waals surface area contributed by atoms with Crippen LogP contribution in [0.4, 0.5) is 5.69 Å². The van der Waals surface area contributed by atoms with Crippen LogP contribution in [0.25, 0.3) is 0 Å². The minimum absolute atomic E-state index is 0.0290. The average Bonchev–Trinajstić information content (AvgIpc) is 2.53. The van der Waals surface area contributed by atoms with Gasteiger partial charge in [0.1, 0.15) is 0 Å². The second-order valence-electron chi connectivity index (χ2n) is 7.56. The molecule has 0 spiro atoms. The Kier molecular flexibility index (Phi) is 6.56. The van der Waals surface area contributed by atoms with Crippen LogP contribution in [0.15, 0.2) is 29.2 Å². The van der Waals surface area contributed by atoms with Gasteiger partial charge in [-0.15, -0.1) is 11.8 Å². The summed E-state index contributed by atoms with van der Waals surface area (Å²) in [7, 11) is -3.44. The SMILES string of the molecule is CC1CCN(S(=O)(=O)c2ccc(NC(=O)CSC(C)(C)C)cc2)CC1. The van der Waals surface area contributed by atoms with E-state index >= 15 is 0 Å². The first-order valence-corrected chi connectivity index (χ1v) is 11.0. The number of rotatable bonds is 5. The zero-order valence-electron chi connectivity index (χ0n) is 15.4. The van der Waals surface area contributed by atoms with Gasteiger partial charge in [-0.25, -0.2) is 8.42 Å². The number of hydrogen-bond donors (Lipinski definition) is 1. The standard InChI is InChI=1S/C18H28N2O3S2/c1-14-9-11-20(12-10-14)25(22,23)16-7-5-15(6-8-16)19-17(21)13-24-18(2,3)4/h5-8,14H,9-13H2,1-4H3,(H,19,21). The summed E-state index contributed by atoms with van der Waals surface area (Å²) in [5.41, 5.74) is 0.616. The first-order chi connectivity index (χ1) is 11.6. The number of sulfonamides is 1. The van der Waals surface area contributed by atoms with E-state index in [0.717, 1.165) is 12.8 Å². The number of carbonyl (C=O) groups excluding carboxylic acids is 1.